The molecule has 5 nitrogen and oxygen atoms in total. The zero-order chi connectivity index (χ0) is 15.2. The second kappa shape index (κ2) is 7.06. The highest BCUT2D eigenvalue weighted by molar-refractivity contribution is 5.78. The molecule has 1 N–H and O–H groups in total. The van der Waals surface area contributed by atoms with Gasteiger partial charge in [0.2, 0.25) is 5.91 Å². The maximum absolute atomic E-state index is 13.3. The molecule has 1 saturated heterocycles. The molecule has 21 heavy (non-hydrogen) atoms. The van der Waals surface area contributed by atoms with Crippen LogP contribution >= 0.6 is 0 Å². The van der Waals surface area contributed by atoms with E-state index in [-0.39, 0.29) is 31.2 Å². The number of hydrogen-bond acceptors (Lipinski definition) is 3. The molecule has 1 aromatic rings. The molecule has 1 fully saturated rings. The molecule has 0 radical (unpaired) electrons. The molecular weight excluding hydrogens is 277 g/mol. The number of carbonyl (C=O) groups excluding carboxylic acids is 1. The van der Waals surface area contributed by atoms with Gasteiger partial charge in [-0.1, -0.05) is 12.1 Å². The van der Waals surface area contributed by atoms with Crippen molar-refractivity contribution in [3.05, 3.63) is 30.1 Å². The molecule has 0 aromatic heterocycles. The summed E-state index contributed by atoms with van der Waals surface area (Å²) in [6.07, 6.45) is 1.26. The van der Waals surface area contributed by atoms with Crippen molar-refractivity contribution in [2.24, 2.45) is 5.92 Å². The number of rotatable bonds is 6. The monoisotopic (exact) mass is 295 g/mol. The Hall–Kier alpha value is -2.11. The van der Waals surface area contributed by atoms with E-state index < -0.39 is 17.7 Å². The Morgan fingerprint density at radius 1 is 1.38 bits per heavy atom. The highest BCUT2D eigenvalue weighted by atomic mass is 19.1. The number of carboxylic acids is 1. The van der Waals surface area contributed by atoms with Gasteiger partial charge in [0.1, 0.15) is 0 Å². The summed E-state index contributed by atoms with van der Waals surface area (Å²) in [6.45, 7) is 1.02. The first-order valence-electron chi connectivity index (χ1n) is 6.96. The van der Waals surface area contributed by atoms with Crippen LogP contribution in [0.2, 0.25) is 0 Å². The van der Waals surface area contributed by atoms with Gasteiger partial charge >= 0.3 is 5.97 Å². The number of amides is 1. The third kappa shape index (κ3) is 4.18. The fourth-order valence-corrected chi connectivity index (χ4v) is 2.31. The number of carbonyl (C=O) groups is 2. The Bertz CT molecular complexity index is 520. The van der Waals surface area contributed by atoms with Gasteiger partial charge < -0.3 is 14.7 Å². The third-order valence-electron chi connectivity index (χ3n) is 3.52. The quantitative estimate of drug-likeness (QED) is 0.814. The lowest BCUT2D eigenvalue weighted by atomic mass is 10.1. The number of halogens is 1. The molecule has 1 heterocycles. The predicted molar refractivity (Wildman–Crippen MR) is 73.5 cm³/mol. The van der Waals surface area contributed by atoms with Crippen LogP contribution in [0, 0.1) is 11.7 Å². The molecule has 0 saturated carbocycles. The highest BCUT2D eigenvalue weighted by Crippen LogP contribution is 2.18. The maximum atomic E-state index is 13.3. The van der Waals surface area contributed by atoms with Gasteiger partial charge in [0.15, 0.2) is 11.6 Å². The summed E-state index contributed by atoms with van der Waals surface area (Å²) >= 11 is 0. The standard InChI is InChI=1S/C15H18FNO4/c16-12-4-1-2-5-13(12)21-9-3-6-14(18)17-8-7-11(10-17)15(19)20/h1-2,4-5,11H,3,6-10H2,(H,19,20)/t11-/m0/s1. The molecule has 0 unspecified atom stereocenters. The largest absolute Gasteiger partial charge is 0.491 e. The number of benzene rings is 1. The van der Waals surface area contributed by atoms with Crippen LogP contribution in [0.1, 0.15) is 19.3 Å². The number of ether oxygens (including phenoxy) is 1. The summed E-state index contributed by atoms with van der Waals surface area (Å²) in [7, 11) is 0. The van der Waals surface area contributed by atoms with Crippen LogP contribution in [0.4, 0.5) is 4.39 Å². The summed E-state index contributed by atoms with van der Waals surface area (Å²) in [4.78, 5) is 24.3. The number of hydrogen-bond donors (Lipinski definition) is 1. The van der Waals surface area contributed by atoms with Gasteiger partial charge in [-0.25, -0.2) is 4.39 Å². The molecule has 1 amide bonds. The Morgan fingerprint density at radius 3 is 2.81 bits per heavy atom. The third-order valence-corrected chi connectivity index (χ3v) is 3.52. The molecule has 0 spiro atoms. The molecule has 1 aromatic carbocycles. The predicted octanol–water partition coefficient (Wildman–Crippen LogP) is 1.92. The molecule has 6 heteroatoms. The molecule has 0 bridgehead atoms. The lowest BCUT2D eigenvalue weighted by Crippen LogP contribution is -2.30. The fraction of sp³-hybridized carbons (Fsp3) is 0.467. The minimum Gasteiger partial charge on any atom is -0.491 e. The summed E-state index contributed by atoms with van der Waals surface area (Å²) in [5, 5.41) is 8.89. The molecule has 0 aliphatic carbocycles. The molecule has 1 aliphatic heterocycles. The molecule has 2 rings (SSSR count). The first-order valence-corrected chi connectivity index (χ1v) is 6.96. The minimum absolute atomic E-state index is 0.0733. The van der Waals surface area contributed by atoms with Crippen molar-refractivity contribution >= 4 is 11.9 Å². The van der Waals surface area contributed by atoms with Crippen LogP contribution in [0.5, 0.6) is 5.75 Å². The van der Waals surface area contributed by atoms with Crippen LogP contribution in [0.25, 0.3) is 0 Å². The van der Waals surface area contributed by atoms with Gasteiger partial charge in [0.25, 0.3) is 0 Å². The van der Waals surface area contributed by atoms with Crippen molar-refractivity contribution < 1.29 is 23.8 Å². The smallest absolute Gasteiger partial charge is 0.308 e. The van der Waals surface area contributed by atoms with E-state index in [0.717, 1.165) is 0 Å². The van der Waals surface area contributed by atoms with Gasteiger partial charge in [-0.15, -0.1) is 0 Å². The summed E-state index contributed by atoms with van der Waals surface area (Å²) in [6, 6.07) is 6.11. The van der Waals surface area contributed by atoms with Crippen molar-refractivity contribution in [1.29, 1.82) is 0 Å². The zero-order valence-electron chi connectivity index (χ0n) is 11.6. The number of para-hydroxylation sites is 1. The first kappa shape index (κ1) is 15.3. The Balaban J connectivity index is 1.68. The fourth-order valence-electron chi connectivity index (χ4n) is 2.31. The number of likely N-dealkylation sites (tertiary alicyclic amines) is 1. The average Bonchev–Trinajstić information content (AvgIpc) is 2.95. The van der Waals surface area contributed by atoms with Gasteiger partial charge in [-0.3, -0.25) is 9.59 Å². The molecule has 1 aliphatic rings. The lowest BCUT2D eigenvalue weighted by Gasteiger charge is -2.15. The Kier molecular flexibility index (Phi) is 5.14. The highest BCUT2D eigenvalue weighted by Gasteiger charge is 2.30. The van der Waals surface area contributed by atoms with Crippen LogP contribution < -0.4 is 4.74 Å². The first-order chi connectivity index (χ1) is 10.1. The maximum Gasteiger partial charge on any atom is 0.308 e. The molecular formula is C15H18FNO4. The van der Waals surface area contributed by atoms with Crippen molar-refractivity contribution in [2.45, 2.75) is 19.3 Å². The van der Waals surface area contributed by atoms with E-state index in [4.69, 9.17) is 9.84 Å². The number of carboxylic acid groups (broad SMARTS) is 1. The van der Waals surface area contributed by atoms with Crippen molar-refractivity contribution in [3.63, 3.8) is 0 Å². The van der Waals surface area contributed by atoms with Gasteiger partial charge in [0, 0.05) is 19.5 Å². The lowest BCUT2D eigenvalue weighted by molar-refractivity contribution is -0.141. The van der Waals surface area contributed by atoms with Crippen molar-refractivity contribution in [3.8, 4) is 5.75 Å². The second-order valence-corrected chi connectivity index (χ2v) is 5.05. The SMILES string of the molecule is O=C(O)[C@H]1CCN(C(=O)CCCOc2ccccc2F)C1. The number of aliphatic carboxylic acids is 1. The van der Waals surface area contributed by atoms with Crippen LogP contribution in [0.3, 0.4) is 0 Å². The second-order valence-electron chi connectivity index (χ2n) is 5.05. The van der Waals surface area contributed by atoms with Gasteiger partial charge in [-0.05, 0) is 25.0 Å². The summed E-state index contributed by atoms with van der Waals surface area (Å²) in [5.74, 6) is -1.63. The van der Waals surface area contributed by atoms with Crippen LogP contribution in [0.15, 0.2) is 24.3 Å². The van der Waals surface area contributed by atoms with E-state index in [0.29, 0.717) is 19.4 Å². The van der Waals surface area contributed by atoms with E-state index in [1.807, 2.05) is 0 Å². The van der Waals surface area contributed by atoms with Gasteiger partial charge in [0.05, 0.1) is 12.5 Å². The van der Waals surface area contributed by atoms with E-state index >= 15 is 0 Å². The minimum atomic E-state index is -0.854. The summed E-state index contributed by atoms with van der Waals surface area (Å²) in [5.41, 5.74) is 0. The van der Waals surface area contributed by atoms with Crippen LogP contribution in [-0.2, 0) is 9.59 Å². The molecule has 1 atom stereocenters. The van der Waals surface area contributed by atoms with Crippen molar-refractivity contribution in [2.75, 3.05) is 19.7 Å². The van der Waals surface area contributed by atoms with E-state index in [9.17, 15) is 14.0 Å². The van der Waals surface area contributed by atoms with E-state index in [1.165, 1.54) is 12.1 Å². The zero-order valence-corrected chi connectivity index (χ0v) is 11.6. The van der Waals surface area contributed by atoms with E-state index in [2.05, 4.69) is 0 Å². The van der Waals surface area contributed by atoms with Crippen LogP contribution in [-0.4, -0.2) is 41.6 Å². The molecule has 114 valence electrons. The Morgan fingerprint density at radius 2 is 2.14 bits per heavy atom. The normalized spacial score (nSPS) is 17.8. The average molecular weight is 295 g/mol. The number of nitrogens with zero attached hydrogens (tertiary/aromatic N) is 1. The van der Waals surface area contributed by atoms with Crippen molar-refractivity contribution in [1.82, 2.24) is 4.90 Å². The van der Waals surface area contributed by atoms with Gasteiger partial charge in [-0.2, -0.15) is 0 Å². The Labute approximate surface area is 122 Å². The summed E-state index contributed by atoms with van der Waals surface area (Å²) < 4.78 is 18.6. The van der Waals surface area contributed by atoms with E-state index in [1.54, 1.807) is 17.0 Å². The topological polar surface area (TPSA) is 66.8 Å².